The van der Waals surface area contributed by atoms with Gasteiger partial charge in [-0.2, -0.15) is 5.26 Å². The van der Waals surface area contributed by atoms with Crippen LogP contribution in [0.15, 0.2) is 24.3 Å². The Balaban J connectivity index is 1.78. The zero-order valence-corrected chi connectivity index (χ0v) is 17.2. The van der Waals surface area contributed by atoms with E-state index in [-0.39, 0.29) is 5.92 Å². The number of hydrogen-bond donors (Lipinski definition) is 0. The van der Waals surface area contributed by atoms with Crippen LogP contribution in [0.1, 0.15) is 95.6 Å². The van der Waals surface area contributed by atoms with E-state index in [1.165, 1.54) is 88.2 Å². The average molecular weight is 354 g/mol. The second-order valence-corrected chi connectivity index (χ2v) is 8.49. The molecule has 1 atom stereocenters. The van der Waals surface area contributed by atoms with Crippen molar-refractivity contribution in [3.63, 3.8) is 0 Å². The van der Waals surface area contributed by atoms with Crippen LogP contribution in [0.25, 0.3) is 0 Å². The molecule has 0 spiro atoms. The molecule has 1 aliphatic carbocycles. The van der Waals surface area contributed by atoms with Crippen LogP contribution in [-0.2, 0) is 12.8 Å². The average Bonchev–Trinajstić information content (AvgIpc) is 2.69. The Morgan fingerprint density at radius 3 is 2.15 bits per heavy atom. The van der Waals surface area contributed by atoms with Crippen molar-refractivity contribution in [1.82, 2.24) is 0 Å². The summed E-state index contributed by atoms with van der Waals surface area (Å²) < 4.78 is 0. The fourth-order valence-electron chi connectivity index (χ4n) is 4.54. The van der Waals surface area contributed by atoms with Gasteiger partial charge in [-0.15, -0.1) is 0 Å². The SMILES string of the molecule is CCCCCCc1ccc(CC(C#N)[C@H]2CC[C@H](CCCC)CC2)cc1. The molecule has 1 unspecified atom stereocenters. The van der Waals surface area contributed by atoms with Gasteiger partial charge in [-0.3, -0.25) is 0 Å². The summed E-state index contributed by atoms with van der Waals surface area (Å²) in [5.74, 6) is 1.75. The minimum absolute atomic E-state index is 0.206. The molecule has 144 valence electrons. The molecule has 1 nitrogen and oxygen atoms in total. The van der Waals surface area contributed by atoms with Crippen LogP contribution in [0.2, 0.25) is 0 Å². The minimum Gasteiger partial charge on any atom is -0.198 e. The van der Waals surface area contributed by atoms with Crippen LogP contribution in [0.5, 0.6) is 0 Å². The summed E-state index contributed by atoms with van der Waals surface area (Å²) in [6, 6.07) is 11.8. The molecule has 0 saturated heterocycles. The quantitative estimate of drug-likeness (QED) is 0.378. The summed E-state index contributed by atoms with van der Waals surface area (Å²) in [7, 11) is 0. The Morgan fingerprint density at radius 2 is 1.54 bits per heavy atom. The number of nitrogens with zero attached hydrogens (tertiary/aromatic N) is 1. The highest BCUT2D eigenvalue weighted by Crippen LogP contribution is 2.36. The van der Waals surface area contributed by atoms with Crippen molar-refractivity contribution in [2.24, 2.45) is 17.8 Å². The molecule has 1 fully saturated rings. The third-order valence-electron chi connectivity index (χ3n) is 6.39. The van der Waals surface area contributed by atoms with Gasteiger partial charge >= 0.3 is 0 Å². The fraction of sp³-hybridized carbons (Fsp3) is 0.720. The fourth-order valence-corrected chi connectivity index (χ4v) is 4.54. The molecule has 0 bridgehead atoms. The zero-order chi connectivity index (χ0) is 18.6. The summed E-state index contributed by atoms with van der Waals surface area (Å²) in [6.07, 6.45) is 16.8. The van der Waals surface area contributed by atoms with Crippen molar-refractivity contribution in [3.05, 3.63) is 35.4 Å². The lowest BCUT2D eigenvalue weighted by Crippen LogP contribution is -2.22. The molecule has 1 saturated carbocycles. The highest BCUT2D eigenvalue weighted by molar-refractivity contribution is 5.24. The van der Waals surface area contributed by atoms with Crippen molar-refractivity contribution < 1.29 is 0 Å². The molecule has 0 heterocycles. The summed E-state index contributed by atoms with van der Waals surface area (Å²) in [4.78, 5) is 0. The number of unbranched alkanes of at least 4 members (excludes halogenated alkanes) is 4. The lowest BCUT2D eigenvalue weighted by molar-refractivity contribution is 0.221. The Hall–Kier alpha value is -1.29. The van der Waals surface area contributed by atoms with Gasteiger partial charge in [0.25, 0.3) is 0 Å². The molecular weight excluding hydrogens is 314 g/mol. The van der Waals surface area contributed by atoms with Crippen molar-refractivity contribution in [1.29, 1.82) is 5.26 Å². The zero-order valence-electron chi connectivity index (χ0n) is 17.2. The van der Waals surface area contributed by atoms with E-state index in [0.717, 1.165) is 12.3 Å². The van der Waals surface area contributed by atoms with Gasteiger partial charge in [0, 0.05) is 0 Å². The van der Waals surface area contributed by atoms with Crippen molar-refractivity contribution in [3.8, 4) is 6.07 Å². The molecule has 2 rings (SSSR count). The van der Waals surface area contributed by atoms with E-state index in [9.17, 15) is 5.26 Å². The number of nitriles is 1. The van der Waals surface area contributed by atoms with Crippen LogP contribution in [0, 0.1) is 29.1 Å². The van der Waals surface area contributed by atoms with Gasteiger partial charge < -0.3 is 0 Å². The smallest absolute Gasteiger partial charge is 0.0662 e. The Kier molecular flexibility index (Phi) is 9.83. The predicted octanol–water partition coefficient (Wildman–Crippen LogP) is 7.49. The van der Waals surface area contributed by atoms with Crippen molar-refractivity contribution in [2.45, 2.75) is 97.3 Å². The molecule has 26 heavy (non-hydrogen) atoms. The monoisotopic (exact) mass is 353 g/mol. The first-order valence-electron chi connectivity index (χ1n) is 11.2. The van der Waals surface area contributed by atoms with E-state index >= 15 is 0 Å². The maximum Gasteiger partial charge on any atom is 0.0662 e. The van der Waals surface area contributed by atoms with E-state index in [0.29, 0.717) is 5.92 Å². The van der Waals surface area contributed by atoms with Crippen LogP contribution < -0.4 is 0 Å². The van der Waals surface area contributed by atoms with E-state index < -0.39 is 0 Å². The second-order valence-electron chi connectivity index (χ2n) is 8.49. The molecule has 0 aliphatic heterocycles. The standard InChI is InChI=1S/C25H39N/c1-3-5-7-8-10-22-11-13-23(14-12-22)19-25(20-26)24-17-15-21(16-18-24)9-6-4-2/h11-14,21,24-25H,3-10,15-19H2,1-2H3/t21-,24-,25?. The number of rotatable bonds is 11. The summed E-state index contributed by atoms with van der Waals surface area (Å²) in [5, 5.41) is 9.72. The molecule has 1 aromatic rings. The molecule has 1 aromatic carbocycles. The molecule has 1 aliphatic rings. The summed E-state index contributed by atoms with van der Waals surface area (Å²) in [6.45, 7) is 4.55. The predicted molar refractivity (Wildman–Crippen MR) is 112 cm³/mol. The van der Waals surface area contributed by atoms with E-state index in [2.05, 4.69) is 44.2 Å². The first kappa shape index (κ1) is 21.0. The Bertz CT molecular complexity index is 516. The van der Waals surface area contributed by atoms with E-state index in [4.69, 9.17) is 0 Å². The maximum absolute atomic E-state index is 9.72. The lowest BCUT2D eigenvalue weighted by atomic mass is 9.73. The normalized spacial score (nSPS) is 21.3. The van der Waals surface area contributed by atoms with Crippen molar-refractivity contribution in [2.75, 3.05) is 0 Å². The molecule has 0 N–H and O–H groups in total. The molecule has 0 radical (unpaired) electrons. The lowest BCUT2D eigenvalue weighted by Gasteiger charge is -2.31. The minimum atomic E-state index is 0.206. The van der Waals surface area contributed by atoms with Gasteiger partial charge in [-0.25, -0.2) is 0 Å². The molecule has 0 amide bonds. The maximum atomic E-state index is 9.72. The van der Waals surface area contributed by atoms with Gasteiger partial charge in [-0.05, 0) is 55.1 Å². The Labute approximate surface area is 162 Å². The largest absolute Gasteiger partial charge is 0.198 e. The summed E-state index contributed by atoms with van der Waals surface area (Å²) in [5.41, 5.74) is 2.80. The molecule has 0 aromatic heterocycles. The first-order chi connectivity index (χ1) is 12.8. The molecule has 1 heteroatoms. The van der Waals surface area contributed by atoms with Crippen LogP contribution in [-0.4, -0.2) is 0 Å². The number of aryl methyl sites for hydroxylation is 1. The summed E-state index contributed by atoms with van der Waals surface area (Å²) >= 11 is 0. The number of hydrogen-bond acceptors (Lipinski definition) is 1. The van der Waals surface area contributed by atoms with Crippen LogP contribution in [0.3, 0.4) is 0 Å². The van der Waals surface area contributed by atoms with Gasteiger partial charge in [-0.1, -0.05) is 89.5 Å². The third kappa shape index (κ3) is 7.14. The van der Waals surface area contributed by atoms with Crippen LogP contribution in [0.4, 0.5) is 0 Å². The van der Waals surface area contributed by atoms with E-state index in [1.54, 1.807) is 0 Å². The highest BCUT2D eigenvalue weighted by Gasteiger charge is 2.27. The molecular formula is C25H39N. The van der Waals surface area contributed by atoms with Gasteiger partial charge in [0.1, 0.15) is 0 Å². The topological polar surface area (TPSA) is 23.8 Å². The second kappa shape index (κ2) is 12.2. The van der Waals surface area contributed by atoms with Gasteiger partial charge in [0.2, 0.25) is 0 Å². The van der Waals surface area contributed by atoms with Gasteiger partial charge in [0.15, 0.2) is 0 Å². The number of benzene rings is 1. The third-order valence-corrected chi connectivity index (χ3v) is 6.39. The first-order valence-corrected chi connectivity index (χ1v) is 11.2. The van der Waals surface area contributed by atoms with E-state index in [1.807, 2.05) is 0 Å². The highest BCUT2D eigenvalue weighted by atomic mass is 14.4. The van der Waals surface area contributed by atoms with Gasteiger partial charge in [0.05, 0.1) is 12.0 Å². The van der Waals surface area contributed by atoms with Crippen LogP contribution >= 0.6 is 0 Å². The van der Waals surface area contributed by atoms with Crippen molar-refractivity contribution >= 4 is 0 Å². The Morgan fingerprint density at radius 1 is 0.885 bits per heavy atom.